The van der Waals surface area contributed by atoms with Gasteiger partial charge in [-0.05, 0) is 48.4 Å². The van der Waals surface area contributed by atoms with Gasteiger partial charge in [0.25, 0.3) is 5.91 Å². The van der Waals surface area contributed by atoms with Crippen molar-refractivity contribution in [3.05, 3.63) is 59.3 Å². The van der Waals surface area contributed by atoms with E-state index in [1.54, 1.807) is 6.20 Å². The third-order valence-electron chi connectivity index (χ3n) is 3.75. The van der Waals surface area contributed by atoms with Crippen molar-refractivity contribution in [1.82, 2.24) is 15.5 Å². The van der Waals surface area contributed by atoms with Crippen molar-refractivity contribution in [2.75, 3.05) is 0 Å². The van der Waals surface area contributed by atoms with E-state index in [0.29, 0.717) is 0 Å². The Morgan fingerprint density at radius 1 is 1.20 bits per heavy atom. The number of benzene rings is 2. The predicted molar refractivity (Wildman–Crippen MR) is 85.1 cm³/mol. The third kappa shape index (κ3) is 3.90. The maximum absolute atomic E-state index is 12.2. The number of halogens is 3. The fourth-order valence-corrected chi connectivity index (χ4v) is 2.50. The van der Waals surface area contributed by atoms with Gasteiger partial charge < -0.3 is 10.1 Å². The Kier molecular flexibility index (Phi) is 4.35. The van der Waals surface area contributed by atoms with Crippen molar-refractivity contribution in [3.8, 4) is 5.75 Å². The van der Waals surface area contributed by atoms with Crippen LogP contribution in [0.25, 0.3) is 10.9 Å². The summed E-state index contributed by atoms with van der Waals surface area (Å²) in [6, 6.07) is 8.59. The Hall–Kier alpha value is -3.03. The van der Waals surface area contributed by atoms with Gasteiger partial charge in [0.05, 0.1) is 11.7 Å². The van der Waals surface area contributed by atoms with Crippen molar-refractivity contribution >= 4 is 16.8 Å². The summed E-state index contributed by atoms with van der Waals surface area (Å²) in [6.07, 6.45) is -3.07. The number of carbonyl (C=O) groups excluding carboxylic acids is 1. The number of fused-ring (bicyclic) bond motifs is 1. The summed E-state index contributed by atoms with van der Waals surface area (Å²) in [5.74, 6) is -0.762. The minimum atomic E-state index is -4.76. The van der Waals surface area contributed by atoms with Crippen LogP contribution >= 0.6 is 0 Å². The van der Waals surface area contributed by atoms with E-state index in [4.69, 9.17) is 0 Å². The number of aryl methyl sites for hydroxylation is 1. The molecule has 130 valence electrons. The molecule has 0 aliphatic rings. The molecule has 0 unspecified atom stereocenters. The van der Waals surface area contributed by atoms with Gasteiger partial charge in [0.1, 0.15) is 5.75 Å². The van der Waals surface area contributed by atoms with Crippen molar-refractivity contribution in [1.29, 1.82) is 0 Å². The number of carbonyl (C=O) groups is 1. The number of aromatic nitrogens is 2. The maximum Gasteiger partial charge on any atom is 0.573 e. The summed E-state index contributed by atoms with van der Waals surface area (Å²) in [5.41, 5.74) is 3.04. The van der Waals surface area contributed by atoms with Crippen LogP contribution in [0.1, 0.15) is 21.5 Å². The molecule has 3 rings (SSSR count). The summed E-state index contributed by atoms with van der Waals surface area (Å²) in [5, 5.41) is 10.5. The molecule has 1 amide bonds. The van der Waals surface area contributed by atoms with E-state index in [1.807, 2.05) is 19.1 Å². The summed E-state index contributed by atoms with van der Waals surface area (Å²) in [4.78, 5) is 12.2. The van der Waals surface area contributed by atoms with Gasteiger partial charge in [-0.15, -0.1) is 13.2 Å². The highest BCUT2D eigenvalue weighted by molar-refractivity contribution is 5.94. The van der Waals surface area contributed by atoms with Crippen LogP contribution in [0.3, 0.4) is 0 Å². The molecule has 25 heavy (non-hydrogen) atoms. The van der Waals surface area contributed by atoms with Crippen LogP contribution in [-0.4, -0.2) is 22.5 Å². The second-order valence-electron chi connectivity index (χ2n) is 5.45. The highest BCUT2D eigenvalue weighted by Crippen LogP contribution is 2.23. The van der Waals surface area contributed by atoms with Crippen LogP contribution in [0.5, 0.6) is 5.75 Å². The monoisotopic (exact) mass is 349 g/mol. The van der Waals surface area contributed by atoms with E-state index in [1.165, 1.54) is 12.1 Å². The topological polar surface area (TPSA) is 67.0 Å². The number of alkyl halides is 3. The van der Waals surface area contributed by atoms with E-state index in [0.717, 1.165) is 34.2 Å². The van der Waals surface area contributed by atoms with Crippen molar-refractivity contribution in [2.24, 2.45) is 0 Å². The normalized spacial score (nSPS) is 11.5. The number of hydrogen-bond acceptors (Lipinski definition) is 3. The molecular formula is C17H14F3N3O2. The molecule has 1 aromatic heterocycles. The van der Waals surface area contributed by atoms with Gasteiger partial charge in [0.2, 0.25) is 0 Å². The SMILES string of the molecule is Cc1ccc2[nH]ncc2c1CNC(=O)c1ccc(OC(F)(F)F)cc1. The number of ether oxygens (including phenoxy) is 1. The van der Waals surface area contributed by atoms with Crippen molar-refractivity contribution in [2.45, 2.75) is 19.8 Å². The molecule has 0 aliphatic carbocycles. The first-order valence-corrected chi connectivity index (χ1v) is 7.39. The van der Waals surface area contributed by atoms with Gasteiger partial charge in [-0.25, -0.2) is 0 Å². The molecule has 0 aliphatic heterocycles. The number of H-pyrrole nitrogens is 1. The number of aromatic amines is 1. The number of hydrogen-bond donors (Lipinski definition) is 2. The number of nitrogens with one attached hydrogen (secondary N) is 2. The quantitative estimate of drug-likeness (QED) is 0.755. The first-order valence-electron chi connectivity index (χ1n) is 7.39. The van der Waals surface area contributed by atoms with Gasteiger partial charge in [-0.3, -0.25) is 9.89 Å². The molecule has 5 nitrogen and oxygen atoms in total. The molecule has 3 aromatic rings. The molecular weight excluding hydrogens is 335 g/mol. The minimum absolute atomic E-state index is 0.242. The smallest absolute Gasteiger partial charge is 0.406 e. The zero-order valence-corrected chi connectivity index (χ0v) is 13.1. The van der Waals surface area contributed by atoms with Crippen LogP contribution in [0.2, 0.25) is 0 Å². The summed E-state index contributed by atoms with van der Waals surface area (Å²) in [7, 11) is 0. The maximum atomic E-state index is 12.2. The van der Waals surface area contributed by atoms with E-state index in [9.17, 15) is 18.0 Å². The lowest BCUT2D eigenvalue weighted by Crippen LogP contribution is -2.23. The fourth-order valence-electron chi connectivity index (χ4n) is 2.50. The van der Waals surface area contributed by atoms with Crippen LogP contribution < -0.4 is 10.1 Å². The molecule has 0 saturated carbocycles. The lowest BCUT2D eigenvalue weighted by atomic mass is 10.0. The Morgan fingerprint density at radius 2 is 1.92 bits per heavy atom. The van der Waals surface area contributed by atoms with Gasteiger partial charge >= 0.3 is 6.36 Å². The molecule has 8 heteroatoms. The Labute approximate surface area is 140 Å². The first-order chi connectivity index (χ1) is 11.8. The Bertz CT molecular complexity index is 902. The first kappa shape index (κ1) is 16.8. The predicted octanol–water partition coefficient (Wildman–Crippen LogP) is 3.70. The average Bonchev–Trinajstić information content (AvgIpc) is 3.01. The minimum Gasteiger partial charge on any atom is -0.406 e. The number of nitrogens with zero attached hydrogens (tertiary/aromatic N) is 1. The summed E-state index contributed by atoms with van der Waals surface area (Å²) in [6.45, 7) is 2.21. The fraction of sp³-hybridized carbons (Fsp3) is 0.176. The van der Waals surface area contributed by atoms with Crippen LogP contribution in [0, 0.1) is 6.92 Å². The number of amides is 1. The third-order valence-corrected chi connectivity index (χ3v) is 3.75. The largest absolute Gasteiger partial charge is 0.573 e. The molecule has 0 fully saturated rings. The van der Waals surface area contributed by atoms with Crippen molar-refractivity contribution in [3.63, 3.8) is 0 Å². The molecule has 2 aromatic carbocycles. The van der Waals surface area contributed by atoms with Crippen LogP contribution in [0.4, 0.5) is 13.2 Å². The Morgan fingerprint density at radius 3 is 2.60 bits per heavy atom. The highest BCUT2D eigenvalue weighted by atomic mass is 19.4. The molecule has 1 heterocycles. The summed E-state index contributed by atoms with van der Waals surface area (Å²) < 4.78 is 40.2. The van der Waals surface area contributed by atoms with E-state index < -0.39 is 12.3 Å². The second kappa shape index (κ2) is 6.46. The van der Waals surface area contributed by atoms with E-state index >= 15 is 0 Å². The lowest BCUT2D eigenvalue weighted by Gasteiger charge is -2.11. The van der Waals surface area contributed by atoms with Gasteiger partial charge in [-0.2, -0.15) is 5.10 Å². The second-order valence-corrected chi connectivity index (χ2v) is 5.45. The van der Waals surface area contributed by atoms with Crippen molar-refractivity contribution < 1.29 is 22.7 Å². The van der Waals surface area contributed by atoms with Crippen LogP contribution in [0.15, 0.2) is 42.6 Å². The lowest BCUT2D eigenvalue weighted by molar-refractivity contribution is -0.274. The van der Waals surface area contributed by atoms with Crippen LogP contribution in [-0.2, 0) is 6.54 Å². The standard InChI is InChI=1S/C17H14F3N3O2/c1-10-2-7-15-14(9-22-23-15)13(10)8-21-16(24)11-3-5-12(6-4-11)25-17(18,19)20/h2-7,9H,8H2,1H3,(H,21,24)(H,22,23). The average molecular weight is 349 g/mol. The van der Waals surface area contributed by atoms with E-state index in [2.05, 4.69) is 20.3 Å². The zero-order valence-electron chi connectivity index (χ0n) is 13.1. The van der Waals surface area contributed by atoms with Gasteiger partial charge in [-0.1, -0.05) is 6.07 Å². The Balaban J connectivity index is 1.70. The van der Waals surface area contributed by atoms with Gasteiger partial charge in [0.15, 0.2) is 0 Å². The number of rotatable bonds is 4. The molecule has 0 atom stereocenters. The molecule has 0 bridgehead atoms. The molecule has 0 radical (unpaired) electrons. The summed E-state index contributed by atoms with van der Waals surface area (Å²) >= 11 is 0. The highest BCUT2D eigenvalue weighted by Gasteiger charge is 2.31. The van der Waals surface area contributed by atoms with E-state index in [-0.39, 0.29) is 17.9 Å². The molecule has 0 saturated heterocycles. The zero-order chi connectivity index (χ0) is 18.0. The van der Waals surface area contributed by atoms with Gasteiger partial charge in [0, 0.05) is 17.5 Å². The molecule has 0 spiro atoms. The molecule has 2 N–H and O–H groups in total.